The van der Waals surface area contributed by atoms with Crippen LogP contribution >= 0.6 is 0 Å². The van der Waals surface area contributed by atoms with Gasteiger partial charge in [-0.3, -0.25) is 4.90 Å². The Labute approximate surface area is 187 Å². The molecule has 2 saturated heterocycles. The van der Waals surface area contributed by atoms with Crippen molar-refractivity contribution in [2.24, 2.45) is 0 Å². The molecule has 0 spiro atoms. The van der Waals surface area contributed by atoms with Crippen LogP contribution in [0, 0.1) is 0 Å². The predicted molar refractivity (Wildman–Crippen MR) is 120 cm³/mol. The summed E-state index contributed by atoms with van der Waals surface area (Å²) in [4.78, 5) is 23.5. The number of sulfonamides is 1. The molecule has 9 nitrogen and oxygen atoms in total. The first-order chi connectivity index (χ1) is 15.2. The maximum atomic E-state index is 13.1. The fourth-order valence-corrected chi connectivity index (χ4v) is 5.62. The van der Waals surface area contributed by atoms with Gasteiger partial charge in [-0.05, 0) is 42.8 Å². The summed E-state index contributed by atoms with van der Waals surface area (Å²) in [5.74, 6) is -3.65. The Bertz CT molecular complexity index is 1050. The number of nitrogens with zero attached hydrogens (tertiary/aromatic N) is 3. The van der Waals surface area contributed by atoms with E-state index in [2.05, 4.69) is 16.8 Å². The number of benzene rings is 2. The smallest absolute Gasteiger partial charge is 0.414 e. The maximum absolute atomic E-state index is 13.1. The summed E-state index contributed by atoms with van der Waals surface area (Å²) < 4.78 is 27.8. The average molecular weight is 464 g/mol. The summed E-state index contributed by atoms with van der Waals surface area (Å²) in [5, 5.41) is 16.8. The highest BCUT2D eigenvalue weighted by atomic mass is 32.2. The highest BCUT2D eigenvalue weighted by molar-refractivity contribution is 7.89. The van der Waals surface area contributed by atoms with E-state index in [1.165, 1.54) is 0 Å². The van der Waals surface area contributed by atoms with Gasteiger partial charge in [0, 0.05) is 45.3 Å². The summed E-state index contributed by atoms with van der Waals surface area (Å²) in [6.07, 6.45) is 1.85. The lowest BCUT2D eigenvalue weighted by Crippen LogP contribution is -2.52. The molecule has 0 atom stereocenters. The van der Waals surface area contributed by atoms with Crippen molar-refractivity contribution in [2.45, 2.75) is 23.8 Å². The van der Waals surface area contributed by atoms with Crippen molar-refractivity contribution in [3.8, 4) is 0 Å². The third-order valence-electron chi connectivity index (χ3n) is 6.02. The second kappa shape index (κ2) is 10.4. The van der Waals surface area contributed by atoms with Gasteiger partial charge in [-0.25, -0.2) is 18.0 Å². The molecule has 174 valence electrons. The number of piperidine rings is 1. The van der Waals surface area contributed by atoms with Gasteiger partial charge in [-0.15, -0.1) is 0 Å². The monoisotopic (exact) mass is 463 g/mol. The molecule has 0 unspecified atom stereocenters. The standard InChI is InChI=1S/C20H27N3O2S.C2H2O4/c1-21-12-14-22(15-13-21)19-8-10-23(11-9-19)26(24,25)20-7-6-17-4-2-3-5-18(17)16-20;3-1(4)2(5)6/h2-7,16,19H,8-15H2,1H3;(H,3,4)(H,5,6). The molecule has 2 heterocycles. The number of hydrogen-bond donors (Lipinski definition) is 2. The molecule has 10 heteroatoms. The van der Waals surface area contributed by atoms with E-state index in [0.717, 1.165) is 49.8 Å². The van der Waals surface area contributed by atoms with Crippen molar-refractivity contribution in [2.75, 3.05) is 46.3 Å². The summed E-state index contributed by atoms with van der Waals surface area (Å²) in [7, 11) is -1.25. The minimum absolute atomic E-state index is 0.411. The Morgan fingerprint density at radius 1 is 0.844 bits per heavy atom. The normalized spacial score (nSPS) is 19.3. The van der Waals surface area contributed by atoms with E-state index < -0.39 is 22.0 Å². The topological polar surface area (TPSA) is 118 Å². The Balaban J connectivity index is 0.000000427. The minimum atomic E-state index is -3.41. The zero-order chi connectivity index (χ0) is 23.3. The summed E-state index contributed by atoms with van der Waals surface area (Å²) in [6.45, 7) is 5.64. The van der Waals surface area contributed by atoms with E-state index in [4.69, 9.17) is 19.8 Å². The van der Waals surface area contributed by atoms with Gasteiger partial charge in [0.15, 0.2) is 0 Å². The van der Waals surface area contributed by atoms with Crippen LogP contribution in [-0.2, 0) is 19.6 Å². The second-order valence-electron chi connectivity index (χ2n) is 8.09. The fraction of sp³-hybridized carbons (Fsp3) is 0.455. The maximum Gasteiger partial charge on any atom is 0.414 e. The number of carbonyl (C=O) groups is 2. The first kappa shape index (κ1) is 24.1. The summed E-state index contributed by atoms with van der Waals surface area (Å²) in [5.41, 5.74) is 0. The molecular formula is C22H29N3O6S. The third-order valence-corrected chi connectivity index (χ3v) is 7.91. The van der Waals surface area contributed by atoms with Gasteiger partial charge >= 0.3 is 11.9 Å². The Hall–Kier alpha value is -2.53. The van der Waals surface area contributed by atoms with Crippen LogP contribution in [0.2, 0.25) is 0 Å². The van der Waals surface area contributed by atoms with E-state index in [9.17, 15) is 8.42 Å². The number of likely N-dealkylation sites (N-methyl/N-ethyl adjacent to an activating group) is 1. The van der Waals surface area contributed by atoms with Crippen LogP contribution in [0.4, 0.5) is 0 Å². The molecule has 2 aromatic carbocycles. The number of fused-ring (bicyclic) bond motifs is 1. The van der Waals surface area contributed by atoms with Gasteiger partial charge < -0.3 is 15.1 Å². The van der Waals surface area contributed by atoms with Gasteiger partial charge in [-0.1, -0.05) is 30.3 Å². The van der Waals surface area contributed by atoms with Crippen LogP contribution in [-0.4, -0.2) is 97.0 Å². The van der Waals surface area contributed by atoms with E-state index in [0.29, 0.717) is 24.0 Å². The van der Waals surface area contributed by atoms with E-state index in [1.807, 2.05) is 30.3 Å². The molecule has 2 N–H and O–H groups in total. The van der Waals surface area contributed by atoms with Crippen LogP contribution in [0.15, 0.2) is 47.4 Å². The fourth-order valence-electron chi connectivity index (χ4n) is 4.11. The molecule has 0 bridgehead atoms. The Morgan fingerprint density at radius 2 is 1.41 bits per heavy atom. The summed E-state index contributed by atoms with van der Waals surface area (Å²) >= 11 is 0. The Morgan fingerprint density at radius 3 is 1.97 bits per heavy atom. The molecule has 2 aliphatic heterocycles. The van der Waals surface area contributed by atoms with Gasteiger partial charge in [0.25, 0.3) is 0 Å². The van der Waals surface area contributed by atoms with Crippen molar-refractivity contribution < 1.29 is 28.2 Å². The number of piperazine rings is 1. The van der Waals surface area contributed by atoms with Gasteiger partial charge in [0.05, 0.1) is 4.90 Å². The molecule has 0 saturated carbocycles. The lowest BCUT2D eigenvalue weighted by molar-refractivity contribution is -0.159. The van der Waals surface area contributed by atoms with Crippen molar-refractivity contribution in [3.05, 3.63) is 42.5 Å². The van der Waals surface area contributed by atoms with Gasteiger partial charge in [-0.2, -0.15) is 4.31 Å². The van der Waals surface area contributed by atoms with Crippen molar-refractivity contribution in [1.82, 2.24) is 14.1 Å². The highest BCUT2D eigenvalue weighted by Crippen LogP contribution is 2.26. The van der Waals surface area contributed by atoms with Crippen LogP contribution in [0.5, 0.6) is 0 Å². The molecule has 2 fully saturated rings. The van der Waals surface area contributed by atoms with Crippen LogP contribution in [0.25, 0.3) is 10.8 Å². The molecule has 0 aliphatic carbocycles. The summed E-state index contributed by atoms with van der Waals surface area (Å²) in [6, 6.07) is 13.9. The predicted octanol–water partition coefficient (Wildman–Crippen LogP) is 1.40. The number of hydrogen-bond acceptors (Lipinski definition) is 6. The van der Waals surface area contributed by atoms with E-state index >= 15 is 0 Å². The quantitative estimate of drug-likeness (QED) is 0.656. The first-order valence-corrected chi connectivity index (χ1v) is 12.0. The molecule has 0 aromatic heterocycles. The minimum Gasteiger partial charge on any atom is -0.473 e. The largest absolute Gasteiger partial charge is 0.473 e. The zero-order valence-electron chi connectivity index (χ0n) is 18.1. The number of carboxylic acids is 2. The molecule has 32 heavy (non-hydrogen) atoms. The molecule has 0 amide bonds. The lowest BCUT2D eigenvalue weighted by Gasteiger charge is -2.41. The van der Waals surface area contributed by atoms with E-state index in [1.54, 1.807) is 16.4 Å². The zero-order valence-corrected chi connectivity index (χ0v) is 18.9. The highest BCUT2D eigenvalue weighted by Gasteiger charge is 2.32. The molecule has 2 aliphatic rings. The average Bonchev–Trinajstić information content (AvgIpc) is 2.79. The molecule has 2 aromatic rings. The number of rotatable bonds is 3. The van der Waals surface area contributed by atoms with Crippen LogP contribution in [0.3, 0.4) is 0 Å². The molecule has 0 radical (unpaired) electrons. The molecule has 4 rings (SSSR count). The Kier molecular flexibility index (Phi) is 7.83. The SMILES string of the molecule is CN1CCN(C2CCN(S(=O)(=O)c3ccc4ccccc4c3)CC2)CC1.O=C(O)C(=O)O. The second-order valence-corrected chi connectivity index (χ2v) is 10.0. The van der Waals surface area contributed by atoms with Crippen molar-refractivity contribution in [3.63, 3.8) is 0 Å². The van der Waals surface area contributed by atoms with E-state index in [-0.39, 0.29) is 0 Å². The van der Waals surface area contributed by atoms with Crippen molar-refractivity contribution >= 4 is 32.7 Å². The number of aliphatic carboxylic acids is 2. The lowest BCUT2D eigenvalue weighted by atomic mass is 10.0. The van der Waals surface area contributed by atoms with Crippen LogP contribution in [0.1, 0.15) is 12.8 Å². The first-order valence-electron chi connectivity index (χ1n) is 10.6. The van der Waals surface area contributed by atoms with Crippen LogP contribution < -0.4 is 0 Å². The number of carboxylic acid groups (broad SMARTS) is 2. The third kappa shape index (κ3) is 5.83. The van der Waals surface area contributed by atoms with Crippen molar-refractivity contribution in [1.29, 1.82) is 0 Å². The van der Waals surface area contributed by atoms with Gasteiger partial charge in [0.2, 0.25) is 10.0 Å². The van der Waals surface area contributed by atoms with Gasteiger partial charge in [0.1, 0.15) is 0 Å². The molecular weight excluding hydrogens is 434 g/mol.